The minimum atomic E-state index is -0.989. The summed E-state index contributed by atoms with van der Waals surface area (Å²) < 4.78 is 28.5. The molecule has 130 valence electrons. The quantitative estimate of drug-likeness (QED) is 0.551. The molecule has 25 heavy (non-hydrogen) atoms. The van der Waals surface area contributed by atoms with Gasteiger partial charge in [0, 0.05) is 0 Å². The molecule has 6 nitrogen and oxygen atoms in total. The van der Waals surface area contributed by atoms with Gasteiger partial charge in [0.2, 0.25) is 0 Å². The van der Waals surface area contributed by atoms with E-state index in [0.717, 1.165) is 6.07 Å². The molecule has 0 unspecified atom stereocenters. The van der Waals surface area contributed by atoms with Crippen molar-refractivity contribution in [1.29, 1.82) is 5.26 Å². The van der Waals surface area contributed by atoms with Crippen LogP contribution in [-0.4, -0.2) is 24.2 Å². The number of aliphatic hydroxyl groups excluding tert-OH is 1. The topological polar surface area (TPSA) is 94.4 Å². The van der Waals surface area contributed by atoms with Gasteiger partial charge in [-0.2, -0.15) is 5.26 Å². The van der Waals surface area contributed by atoms with Gasteiger partial charge in [-0.25, -0.2) is 14.3 Å². The Balaban J connectivity index is 2.42. The Bertz CT molecular complexity index is 835. The fourth-order valence-corrected chi connectivity index (χ4v) is 2.05. The Morgan fingerprint density at radius 1 is 1.32 bits per heavy atom. The van der Waals surface area contributed by atoms with Crippen LogP contribution < -0.4 is 10.8 Å². The number of nitrogens with one attached hydrogen (secondary N) is 2. The number of hydroxylamine groups is 1. The number of hydrogen-bond donors (Lipinski definition) is 3. The zero-order valence-corrected chi connectivity index (χ0v) is 13.3. The number of hydrogen-bond acceptors (Lipinski definition) is 5. The van der Waals surface area contributed by atoms with Gasteiger partial charge in [-0.3, -0.25) is 9.63 Å². The lowest BCUT2D eigenvalue weighted by atomic mass is 10.1. The second kappa shape index (κ2) is 8.19. The molecule has 2 aromatic carbocycles. The van der Waals surface area contributed by atoms with Crippen LogP contribution in [0.1, 0.15) is 21.5 Å². The summed E-state index contributed by atoms with van der Waals surface area (Å²) in [5.41, 5.74) is 1.81. The van der Waals surface area contributed by atoms with E-state index in [9.17, 15) is 13.6 Å². The molecule has 0 saturated heterocycles. The lowest BCUT2D eigenvalue weighted by molar-refractivity contribution is 0.0168. The molecule has 1 amide bonds. The zero-order valence-electron chi connectivity index (χ0n) is 13.3. The van der Waals surface area contributed by atoms with E-state index < -0.39 is 17.5 Å². The third-order valence-corrected chi connectivity index (χ3v) is 3.25. The van der Waals surface area contributed by atoms with Crippen molar-refractivity contribution in [2.75, 3.05) is 18.5 Å². The third-order valence-electron chi connectivity index (χ3n) is 3.25. The van der Waals surface area contributed by atoms with E-state index in [0.29, 0.717) is 5.56 Å². The summed E-state index contributed by atoms with van der Waals surface area (Å²) in [6.07, 6.45) is 0. The maximum Gasteiger partial charge on any atom is 0.277 e. The molecule has 2 rings (SSSR count). The van der Waals surface area contributed by atoms with Gasteiger partial charge in [0.05, 0.1) is 35.7 Å². The molecule has 0 heterocycles. The summed E-state index contributed by atoms with van der Waals surface area (Å²) in [6, 6.07) is 8.26. The van der Waals surface area contributed by atoms with Gasteiger partial charge in [0.25, 0.3) is 5.91 Å². The van der Waals surface area contributed by atoms with Crippen LogP contribution in [0.25, 0.3) is 0 Å². The molecule has 0 saturated carbocycles. The zero-order chi connectivity index (χ0) is 18.4. The molecule has 0 aliphatic rings. The standard InChI is InChI=1S/C17H15F2N3O3/c1-10-2-5-14(13(18)8-10)21-16-12(17(24)22-25-7-6-23)4-3-11(9-20)15(16)19/h2-5,8,21,23H,6-7H2,1H3,(H,22,24). The minimum absolute atomic E-state index is 0.0510. The second-order valence-electron chi connectivity index (χ2n) is 5.07. The molecule has 8 heteroatoms. The molecule has 0 aromatic heterocycles. The number of carbonyl (C=O) groups excluding carboxylic acids is 1. The fraction of sp³-hybridized carbons (Fsp3) is 0.176. The molecule has 0 atom stereocenters. The molecule has 0 bridgehead atoms. The molecule has 0 spiro atoms. The van der Waals surface area contributed by atoms with E-state index in [-0.39, 0.29) is 35.7 Å². The van der Waals surface area contributed by atoms with Gasteiger partial charge in [0.15, 0.2) is 5.82 Å². The van der Waals surface area contributed by atoms with Crippen LogP contribution >= 0.6 is 0 Å². The monoisotopic (exact) mass is 347 g/mol. The summed E-state index contributed by atoms with van der Waals surface area (Å²) in [6.45, 7) is 1.22. The van der Waals surface area contributed by atoms with Crippen LogP contribution in [0.2, 0.25) is 0 Å². The smallest absolute Gasteiger partial charge is 0.277 e. The van der Waals surface area contributed by atoms with Crippen molar-refractivity contribution in [2.45, 2.75) is 6.92 Å². The van der Waals surface area contributed by atoms with Crippen LogP contribution in [0.15, 0.2) is 30.3 Å². The number of aliphatic hydroxyl groups is 1. The van der Waals surface area contributed by atoms with Gasteiger partial charge in [-0.1, -0.05) is 6.07 Å². The SMILES string of the molecule is Cc1ccc(Nc2c(C(=O)NOCCO)ccc(C#N)c2F)c(F)c1. The van der Waals surface area contributed by atoms with Gasteiger partial charge in [-0.15, -0.1) is 0 Å². The van der Waals surface area contributed by atoms with Gasteiger partial charge in [0.1, 0.15) is 11.9 Å². The van der Waals surface area contributed by atoms with Crippen LogP contribution in [0.4, 0.5) is 20.2 Å². The van der Waals surface area contributed by atoms with Crippen LogP contribution in [0.3, 0.4) is 0 Å². The van der Waals surface area contributed by atoms with E-state index in [1.54, 1.807) is 19.1 Å². The van der Waals surface area contributed by atoms with E-state index in [1.165, 1.54) is 18.2 Å². The number of halogens is 2. The van der Waals surface area contributed by atoms with Gasteiger partial charge >= 0.3 is 0 Å². The lowest BCUT2D eigenvalue weighted by Gasteiger charge is -2.14. The van der Waals surface area contributed by atoms with Crippen LogP contribution in [-0.2, 0) is 4.84 Å². The molecule has 0 aliphatic heterocycles. The maximum atomic E-state index is 14.5. The maximum absolute atomic E-state index is 14.5. The Morgan fingerprint density at radius 2 is 2.08 bits per heavy atom. The predicted molar refractivity (Wildman–Crippen MR) is 86.0 cm³/mol. The average molecular weight is 347 g/mol. The number of amides is 1. The Kier molecular flexibility index (Phi) is 6.00. The van der Waals surface area contributed by atoms with E-state index in [1.807, 2.05) is 5.48 Å². The van der Waals surface area contributed by atoms with Crippen LogP contribution in [0.5, 0.6) is 0 Å². The van der Waals surface area contributed by atoms with Crippen LogP contribution in [0, 0.1) is 29.9 Å². The van der Waals surface area contributed by atoms with Crippen molar-refractivity contribution < 1.29 is 23.5 Å². The normalized spacial score (nSPS) is 10.2. The third kappa shape index (κ3) is 4.29. The van der Waals surface area contributed by atoms with E-state index in [2.05, 4.69) is 5.32 Å². The highest BCUT2D eigenvalue weighted by Gasteiger charge is 2.20. The Hall–Kier alpha value is -3.02. The first kappa shape index (κ1) is 18.3. The fourth-order valence-electron chi connectivity index (χ4n) is 2.05. The highest BCUT2D eigenvalue weighted by Crippen LogP contribution is 2.28. The predicted octanol–water partition coefficient (Wildman–Crippen LogP) is 2.54. The molecule has 0 radical (unpaired) electrons. The first-order chi connectivity index (χ1) is 12.0. The molecule has 0 fully saturated rings. The van der Waals surface area contributed by atoms with E-state index >= 15 is 0 Å². The summed E-state index contributed by atoms with van der Waals surface area (Å²) in [4.78, 5) is 16.8. The number of rotatable bonds is 6. The molecule has 2 aromatic rings. The largest absolute Gasteiger partial charge is 0.394 e. The number of aryl methyl sites for hydroxylation is 1. The summed E-state index contributed by atoms with van der Waals surface area (Å²) in [7, 11) is 0. The molecular formula is C17H15F2N3O3. The number of nitriles is 1. The number of benzene rings is 2. The Morgan fingerprint density at radius 3 is 2.72 bits per heavy atom. The van der Waals surface area contributed by atoms with Gasteiger partial charge in [-0.05, 0) is 36.8 Å². The van der Waals surface area contributed by atoms with Crippen molar-refractivity contribution >= 4 is 17.3 Å². The lowest BCUT2D eigenvalue weighted by Crippen LogP contribution is -2.26. The van der Waals surface area contributed by atoms with E-state index in [4.69, 9.17) is 15.2 Å². The average Bonchev–Trinajstić information content (AvgIpc) is 2.58. The van der Waals surface area contributed by atoms with Crippen molar-refractivity contribution in [3.63, 3.8) is 0 Å². The summed E-state index contributed by atoms with van der Waals surface area (Å²) in [5, 5.41) is 20.1. The number of nitrogens with zero attached hydrogens (tertiary/aromatic N) is 1. The highest BCUT2D eigenvalue weighted by atomic mass is 19.1. The molecular weight excluding hydrogens is 332 g/mol. The highest BCUT2D eigenvalue weighted by molar-refractivity contribution is 6.00. The molecule has 3 N–H and O–H groups in total. The number of carbonyl (C=O) groups is 1. The summed E-state index contributed by atoms with van der Waals surface area (Å²) in [5.74, 6) is -2.44. The molecule has 0 aliphatic carbocycles. The Labute approximate surface area is 142 Å². The second-order valence-corrected chi connectivity index (χ2v) is 5.07. The van der Waals surface area contributed by atoms with Crippen molar-refractivity contribution in [1.82, 2.24) is 5.48 Å². The first-order valence-electron chi connectivity index (χ1n) is 7.26. The van der Waals surface area contributed by atoms with Gasteiger partial charge < -0.3 is 10.4 Å². The van der Waals surface area contributed by atoms with Crippen molar-refractivity contribution in [3.8, 4) is 6.07 Å². The first-order valence-corrected chi connectivity index (χ1v) is 7.26. The van der Waals surface area contributed by atoms with Crippen molar-refractivity contribution in [2.24, 2.45) is 0 Å². The summed E-state index contributed by atoms with van der Waals surface area (Å²) >= 11 is 0. The minimum Gasteiger partial charge on any atom is -0.394 e. The van der Waals surface area contributed by atoms with Crippen molar-refractivity contribution in [3.05, 3.63) is 58.7 Å². The number of anilines is 2.